The number of ether oxygens (including phenoxy) is 3. The van der Waals surface area contributed by atoms with Crippen molar-refractivity contribution in [2.45, 2.75) is 0 Å². The van der Waals surface area contributed by atoms with E-state index in [2.05, 4.69) is 5.32 Å². The molecule has 0 saturated carbocycles. The van der Waals surface area contributed by atoms with Gasteiger partial charge in [-0.3, -0.25) is 14.9 Å². The number of hydrogen-bond donors (Lipinski definition) is 1. The molecule has 0 radical (unpaired) electrons. The molecule has 34 heavy (non-hydrogen) atoms. The van der Waals surface area contributed by atoms with Gasteiger partial charge in [-0.2, -0.15) is 0 Å². The summed E-state index contributed by atoms with van der Waals surface area (Å²) in [5.41, 5.74) is 0.283. The molecule has 1 N–H and O–H groups in total. The van der Waals surface area contributed by atoms with Crippen LogP contribution in [0.25, 0.3) is 0 Å². The van der Waals surface area contributed by atoms with Crippen molar-refractivity contribution in [1.82, 2.24) is 0 Å². The van der Waals surface area contributed by atoms with Gasteiger partial charge in [-0.1, -0.05) is 0 Å². The van der Waals surface area contributed by atoms with Gasteiger partial charge in [0.15, 0.2) is 0 Å². The second kappa shape index (κ2) is 10.2. The van der Waals surface area contributed by atoms with E-state index in [1.54, 1.807) is 36.4 Å². The third kappa shape index (κ3) is 5.24. The van der Waals surface area contributed by atoms with Crippen LogP contribution in [0.1, 0.15) is 10.4 Å². The number of nitrogens with zero attached hydrogens (tertiary/aromatic N) is 2. The highest BCUT2D eigenvalue weighted by Crippen LogP contribution is 2.31. The standard InChI is InChI=1S/C24H22FN3O6/c1-32-18-4-6-19(7-5-18)34-23-9-3-17(28(30)31)15-20(23)24(29)26-16-2-8-22(21(25)14-16)27-10-12-33-13-11-27/h2-9,14-15H,10-13H2,1H3,(H,26,29). The van der Waals surface area contributed by atoms with Gasteiger partial charge in [0.25, 0.3) is 11.6 Å². The largest absolute Gasteiger partial charge is 0.497 e. The van der Waals surface area contributed by atoms with Crippen molar-refractivity contribution in [3.8, 4) is 17.2 Å². The molecule has 1 aliphatic rings. The third-order valence-corrected chi connectivity index (χ3v) is 5.26. The minimum Gasteiger partial charge on any atom is -0.497 e. The molecule has 0 atom stereocenters. The average molecular weight is 467 g/mol. The summed E-state index contributed by atoms with van der Waals surface area (Å²) in [5.74, 6) is -0.0287. The number of carbonyl (C=O) groups is 1. The van der Waals surface area contributed by atoms with Crippen LogP contribution in [0.4, 0.5) is 21.5 Å². The Kier molecular flexibility index (Phi) is 6.88. The first-order chi connectivity index (χ1) is 16.4. The lowest BCUT2D eigenvalue weighted by atomic mass is 10.1. The van der Waals surface area contributed by atoms with Gasteiger partial charge in [-0.15, -0.1) is 0 Å². The van der Waals surface area contributed by atoms with Gasteiger partial charge in [0, 0.05) is 30.9 Å². The third-order valence-electron chi connectivity index (χ3n) is 5.26. The minimum absolute atomic E-state index is 0.0670. The van der Waals surface area contributed by atoms with E-state index in [0.717, 1.165) is 6.07 Å². The number of non-ortho nitro benzene ring substituents is 1. The lowest BCUT2D eigenvalue weighted by molar-refractivity contribution is -0.384. The number of benzene rings is 3. The Morgan fingerprint density at radius 2 is 1.76 bits per heavy atom. The SMILES string of the molecule is COc1ccc(Oc2ccc([N+](=O)[O-])cc2C(=O)Nc2ccc(N3CCOCC3)c(F)c2)cc1. The zero-order chi connectivity index (χ0) is 24.1. The first-order valence-electron chi connectivity index (χ1n) is 10.5. The van der Waals surface area contributed by atoms with Crippen LogP contribution < -0.4 is 19.7 Å². The maximum atomic E-state index is 14.7. The molecular weight excluding hydrogens is 445 g/mol. The molecule has 0 bridgehead atoms. The summed E-state index contributed by atoms with van der Waals surface area (Å²) < 4.78 is 30.9. The zero-order valence-electron chi connectivity index (χ0n) is 18.3. The topological polar surface area (TPSA) is 103 Å². The Hall–Kier alpha value is -4.18. The predicted molar refractivity (Wildman–Crippen MR) is 124 cm³/mol. The summed E-state index contributed by atoms with van der Waals surface area (Å²) in [6.07, 6.45) is 0. The number of nitro benzene ring substituents is 1. The van der Waals surface area contributed by atoms with E-state index in [9.17, 15) is 19.3 Å². The van der Waals surface area contributed by atoms with Crippen molar-refractivity contribution in [2.75, 3.05) is 43.6 Å². The van der Waals surface area contributed by atoms with Crippen molar-refractivity contribution < 1.29 is 28.3 Å². The number of methoxy groups -OCH3 is 1. The van der Waals surface area contributed by atoms with E-state index >= 15 is 0 Å². The molecule has 1 heterocycles. The van der Waals surface area contributed by atoms with Crippen molar-refractivity contribution in [2.24, 2.45) is 0 Å². The van der Waals surface area contributed by atoms with E-state index in [0.29, 0.717) is 43.5 Å². The molecule has 0 aliphatic carbocycles. The van der Waals surface area contributed by atoms with Gasteiger partial charge in [-0.05, 0) is 48.5 Å². The molecule has 9 nitrogen and oxygen atoms in total. The Morgan fingerprint density at radius 1 is 1.06 bits per heavy atom. The van der Waals surface area contributed by atoms with E-state index in [1.165, 1.54) is 25.3 Å². The van der Waals surface area contributed by atoms with E-state index < -0.39 is 16.6 Å². The van der Waals surface area contributed by atoms with Crippen molar-refractivity contribution in [1.29, 1.82) is 0 Å². The van der Waals surface area contributed by atoms with Crippen molar-refractivity contribution in [3.63, 3.8) is 0 Å². The number of carbonyl (C=O) groups excluding carboxylic acids is 1. The smallest absolute Gasteiger partial charge is 0.270 e. The molecule has 0 aromatic heterocycles. The van der Waals surface area contributed by atoms with E-state index in [1.807, 2.05) is 4.90 Å². The number of nitrogens with one attached hydrogen (secondary N) is 1. The molecule has 3 aromatic rings. The lowest BCUT2D eigenvalue weighted by Crippen LogP contribution is -2.36. The summed E-state index contributed by atoms with van der Waals surface area (Å²) in [6, 6.07) is 14.7. The lowest BCUT2D eigenvalue weighted by Gasteiger charge is -2.29. The number of halogens is 1. The van der Waals surface area contributed by atoms with Gasteiger partial charge in [-0.25, -0.2) is 4.39 Å². The van der Waals surface area contributed by atoms with E-state index in [4.69, 9.17) is 14.2 Å². The molecular formula is C24H22FN3O6. The summed E-state index contributed by atoms with van der Waals surface area (Å²) >= 11 is 0. The van der Waals surface area contributed by atoms with Crippen LogP contribution in [0, 0.1) is 15.9 Å². The molecule has 4 rings (SSSR count). The normalized spacial score (nSPS) is 13.3. The summed E-state index contributed by atoms with van der Waals surface area (Å²) in [7, 11) is 1.53. The molecule has 1 fully saturated rings. The van der Waals surface area contributed by atoms with Crippen LogP contribution in [0.15, 0.2) is 60.7 Å². The summed E-state index contributed by atoms with van der Waals surface area (Å²) in [4.78, 5) is 25.5. The monoisotopic (exact) mass is 467 g/mol. The number of hydrogen-bond acceptors (Lipinski definition) is 7. The van der Waals surface area contributed by atoms with Crippen LogP contribution >= 0.6 is 0 Å². The minimum atomic E-state index is -0.675. The Balaban J connectivity index is 1.57. The van der Waals surface area contributed by atoms with Gasteiger partial charge < -0.3 is 24.4 Å². The second-order valence-electron chi connectivity index (χ2n) is 7.43. The zero-order valence-corrected chi connectivity index (χ0v) is 18.3. The summed E-state index contributed by atoms with van der Waals surface area (Å²) in [5, 5.41) is 13.9. The van der Waals surface area contributed by atoms with Gasteiger partial charge in [0.05, 0.1) is 36.5 Å². The molecule has 3 aromatic carbocycles. The number of amides is 1. The predicted octanol–water partition coefficient (Wildman–Crippen LogP) is 4.62. The number of nitro groups is 1. The maximum Gasteiger partial charge on any atom is 0.270 e. The summed E-state index contributed by atoms with van der Waals surface area (Å²) in [6.45, 7) is 2.17. The highest BCUT2D eigenvalue weighted by Gasteiger charge is 2.20. The molecule has 1 aliphatic heterocycles. The van der Waals surface area contributed by atoms with E-state index in [-0.39, 0.29) is 22.7 Å². The maximum absolute atomic E-state index is 14.7. The average Bonchev–Trinajstić information content (AvgIpc) is 2.85. The molecule has 176 valence electrons. The van der Waals surface area contributed by atoms with Crippen LogP contribution in [0.3, 0.4) is 0 Å². The first kappa shape index (κ1) is 23.0. The molecule has 10 heteroatoms. The Morgan fingerprint density at radius 3 is 2.41 bits per heavy atom. The van der Waals surface area contributed by atoms with Gasteiger partial charge in [0.1, 0.15) is 23.1 Å². The van der Waals surface area contributed by atoms with Gasteiger partial charge in [0.2, 0.25) is 0 Å². The van der Waals surface area contributed by atoms with Crippen molar-refractivity contribution >= 4 is 23.0 Å². The highest BCUT2D eigenvalue weighted by molar-refractivity contribution is 6.06. The first-order valence-corrected chi connectivity index (χ1v) is 10.5. The molecule has 0 unspecified atom stereocenters. The van der Waals surface area contributed by atoms with Gasteiger partial charge >= 0.3 is 0 Å². The highest BCUT2D eigenvalue weighted by atomic mass is 19.1. The fourth-order valence-corrected chi connectivity index (χ4v) is 3.51. The fourth-order valence-electron chi connectivity index (χ4n) is 3.51. The van der Waals surface area contributed by atoms with Crippen LogP contribution in [-0.4, -0.2) is 44.2 Å². The fraction of sp³-hybridized carbons (Fsp3) is 0.208. The Bertz CT molecular complexity index is 1200. The number of morpholine rings is 1. The van der Waals surface area contributed by atoms with Crippen molar-refractivity contribution in [3.05, 3.63) is 82.2 Å². The Labute approximate surface area is 194 Å². The number of rotatable bonds is 7. The quantitative estimate of drug-likeness (QED) is 0.399. The molecule has 0 spiro atoms. The number of anilines is 2. The molecule has 1 amide bonds. The van der Waals surface area contributed by atoms with Crippen LogP contribution in [0.5, 0.6) is 17.2 Å². The molecule has 1 saturated heterocycles. The second-order valence-corrected chi connectivity index (χ2v) is 7.43. The van der Waals surface area contributed by atoms with Crippen LogP contribution in [-0.2, 0) is 4.74 Å². The van der Waals surface area contributed by atoms with Crippen LogP contribution in [0.2, 0.25) is 0 Å².